The SMILES string of the molecule is CCOc1ccc(C(=O)Oc2ccc3c(c2F)C(F)(F)C(F)(F)c2c-3ccc(OCC)c2F)c(F)c1. The molecule has 1 aliphatic rings. The van der Waals surface area contributed by atoms with Crippen LogP contribution in [0.4, 0.5) is 30.7 Å². The van der Waals surface area contributed by atoms with Gasteiger partial charge in [-0.25, -0.2) is 18.0 Å². The van der Waals surface area contributed by atoms with Crippen LogP contribution in [0, 0.1) is 17.5 Å². The molecule has 0 bridgehead atoms. The van der Waals surface area contributed by atoms with Gasteiger partial charge in [-0.1, -0.05) is 0 Å². The predicted octanol–water partition coefficient (Wildman–Crippen LogP) is 6.98. The third-order valence-electron chi connectivity index (χ3n) is 5.50. The van der Waals surface area contributed by atoms with Crippen LogP contribution in [0.2, 0.25) is 0 Å². The first-order valence-corrected chi connectivity index (χ1v) is 10.6. The summed E-state index contributed by atoms with van der Waals surface area (Å²) in [4.78, 5) is 12.4. The zero-order valence-electron chi connectivity index (χ0n) is 18.7. The van der Waals surface area contributed by atoms with Crippen molar-refractivity contribution in [2.75, 3.05) is 13.2 Å². The van der Waals surface area contributed by atoms with Crippen molar-refractivity contribution in [3.63, 3.8) is 0 Å². The van der Waals surface area contributed by atoms with Crippen molar-refractivity contribution in [2.24, 2.45) is 0 Å². The fraction of sp³-hybridized carbons (Fsp3) is 0.240. The summed E-state index contributed by atoms with van der Waals surface area (Å²) < 4.78 is 119. The van der Waals surface area contributed by atoms with E-state index < -0.39 is 74.6 Å². The van der Waals surface area contributed by atoms with E-state index in [9.17, 15) is 22.4 Å². The van der Waals surface area contributed by atoms with E-state index in [1.807, 2.05) is 0 Å². The van der Waals surface area contributed by atoms with Gasteiger partial charge in [0.1, 0.15) is 11.6 Å². The highest BCUT2D eigenvalue weighted by molar-refractivity contribution is 5.91. The Morgan fingerprint density at radius 3 is 1.81 bits per heavy atom. The number of rotatable bonds is 6. The summed E-state index contributed by atoms with van der Waals surface area (Å²) in [5.74, 6) is -18.4. The summed E-state index contributed by atoms with van der Waals surface area (Å²) in [6, 6.07) is 6.45. The Balaban J connectivity index is 1.80. The second-order valence-electron chi connectivity index (χ2n) is 7.65. The number of fused-ring (bicyclic) bond motifs is 3. The van der Waals surface area contributed by atoms with Gasteiger partial charge in [0.15, 0.2) is 23.1 Å². The maximum absolute atomic E-state index is 15.2. The summed E-state index contributed by atoms with van der Waals surface area (Å²) in [6.45, 7) is 3.18. The summed E-state index contributed by atoms with van der Waals surface area (Å²) in [6.07, 6.45) is 0. The van der Waals surface area contributed by atoms with Crippen molar-refractivity contribution in [3.05, 3.63) is 76.6 Å². The molecule has 0 aromatic heterocycles. The van der Waals surface area contributed by atoms with Crippen LogP contribution in [-0.2, 0) is 11.8 Å². The molecule has 0 fully saturated rings. The van der Waals surface area contributed by atoms with Crippen molar-refractivity contribution in [1.82, 2.24) is 0 Å². The molecule has 0 unspecified atom stereocenters. The van der Waals surface area contributed by atoms with Gasteiger partial charge >= 0.3 is 17.8 Å². The molecular formula is C25H17F7O4. The maximum atomic E-state index is 15.2. The molecule has 3 aromatic carbocycles. The fourth-order valence-electron chi connectivity index (χ4n) is 3.91. The lowest BCUT2D eigenvalue weighted by Crippen LogP contribution is -2.41. The standard InChI is InChI=1S/C25H17F7O4/c1-3-34-12-5-6-15(16(26)11-12)23(33)36-18-10-8-14-13-7-9-17(35-4-2)21(27)19(13)24(29,30)25(31,32)20(14)22(18)28/h5-11H,3-4H2,1-2H3. The first-order valence-electron chi connectivity index (χ1n) is 10.6. The Morgan fingerprint density at radius 1 is 0.750 bits per heavy atom. The fourth-order valence-corrected chi connectivity index (χ4v) is 3.91. The molecule has 0 aliphatic heterocycles. The molecular weight excluding hydrogens is 497 g/mol. The molecule has 4 nitrogen and oxygen atoms in total. The highest BCUT2D eigenvalue weighted by Crippen LogP contribution is 2.60. The van der Waals surface area contributed by atoms with E-state index in [1.54, 1.807) is 6.92 Å². The normalized spacial score (nSPS) is 15.0. The Morgan fingerprint density at radius 2 is 1.28 bits per heavy atom. The minimum atomic E-state index is -5.24. The summed E-state index contributed by atoms with van der Waals surface area (Å²) in [7, 11) is 0. The molecule has 0 saturated heterocycles. The van der Waals surface area contributed by atoms with Crippen LogP contribution in [-0.4, -0.2) is 19.2 Å². The molecule has 3 aromatic rings. The lowest BCUT2D eigenvalue weighted by molar-refractivity contribution is -0.228. The van der Waals surface area contributed by atoms with Crippen molar-refractivity contribution in [3.8, 4) is 28.4 Å². The maximum Gasteiger partial charge on any atom is 0.346 e. The van der Waals surface area contributed by atoms with Crippen LogP contribution in [0.3, 0.4) is 0 Å². The predicted molar refractivity (Wildman–Crippen MR) is 113 cm³/mol. The van der Waals surface area contributed by atoms with Gasteiger partial charge in [0, 0.05) is 6.07 Å². The highest BCUT2D eigenvalue weighted by atomic mass is 19.3. The van der Waals surface area contributed by atoms with Crippen molar-refractivity contribution >= 4 is 5.97 Å². The van der Waals surface area contributed by atoms with Crippen LogP contribution in [0.25, 0.3) is 11.1 Å². The van der Waals surface area contributed by atoms with Crippen LogP contribution in [0.1, 0.15) is 35.3 Å². The quantitative estimate of drug-likeness (QED) is 0.202. The molecule has 190 valence electrons. The molecule has 36 heavy (non-hydrogen) atoms. The first-order chi connectivity index (χ1) is 16.9. The van der Waals surface area contributed by atoms with Gasteiger partial charge in [-0.2, -0.15) is 17.6 Å². The number of ether oxygens (including phenoxy) is 3. The van der Waals surface area contributed by atoms with Gasteiger partial charge in [0.25, 0.3) is 0 Å². The zero-order chi connectivity index (χ0) is 26.4. The number of alkyl halides is 4. The van der Waals surface area contributed by atoms with Crippen molar-refractivity contribution in [1.29, 1.82) is 0 Å². The van der Waals surface area contributed by atoms with E-state index in [0.29, 0.717) is 0 Å². The summed E-state index contributed by atoms with van der Waals surface area (Å²) in [5, 5.41) is 0. The van der Waals surface area contributed by atoms with Crippen LogP contribution >= 0.6 is 0 Å². The van der Waals surface area contributed by atoms with Gasteiger partial charge in [-0.05, 0) is 61.4 Å². The van der Waals surface area contributed by atoms with Crippen LogP contribution in [0.5, 0.6) is 17.2 Å². The van der Waals surface area contributed by atoms with Crippen LogP contribution < -0.4 is 14.2 Å². The van der Waals surface area contributed by atoms with Gasteiger partial charge < -0.3 is 14.2 Å². The Bertz CT molecular complexity index is 1350. The highest BCUT2D eigenvalue weighted by Gasteiger charge is 2.65. The molecule has 0 heterocycles. The minimum absolute atomic E-state index is 0.0896. The van der Waals surface area contributed by atoms with Crippen molar-refractivity contribution < 1.29 is 49.7 Å². The third-order valence-corrected chi connectivity index (χ3v) is 5.50. The molecule has 1 aliphatic carbocycles. The van der Waals surface area contributed by atoms with E-state index in [2.05, 4.69) is 0 Å². The lowest BCUT2D eigenvalue weighted by atomic mass is 9.79. The van der Waals surface area contributed by atoms with Gasteiger partial charge in [-0.3, -0.25) is 0 Å². The van der Waals surface area contributed by atoms with E-state index in [4.69, 9.17) is 14.2 Å². The monoisotopic (exact) mass is 514 g/mol. The second kappa shape index (κ2) is 9.03. The first kappa shape index (κ1) is 25.3. The van der Waals surface area contributed by atoms with Gasteiger partial charge in [0.05, 0.1) is 29.9 Å². The number of hydrogen-bond donors (Lipinski definition) is 0. The number of benzene rings is 3. The lowest BCUT2D eigenvalue weighted by Gasteiger charge is -2.35. The number of carbonyl (C=O) groups excluding carboxylic acids is 1. The third kappa shape index (κ3) is 3.82. The van der Waals surface area contributed by atoms with Gasteiger partial charge in [-0.15, -0.1) is 0 Å². The molecule has 0 radical (unpaired) electrons. The van der Waals surface area contributed by atoms with E-state index in [-0.39, 0.29) is 19.0 Å². The molecule has 0 saturated carbocycles. The number of carbonyl (C=O) groups is 1. The van der Waals surface area contributed by atoms with E-state index in [0.717, 1.165) is 36.4 Å². The average Bonchev–Trinajstić information content (AvgIpc) is 2.80. The van der Waals surface area contributed by atoms with E-state index >= 15 is 13.2 Å². The summed E-state index contributed by atoms with van der Waals surface area (Å²) >= 11 is 0. The molecule has 0 spiro atoms. The number of hydrogen-bond acceptors (Lipinski definition) is 4. The van der Waals surface area contributed by atoms with Gasteiger partial charge in [0.2, 0.25) is 0 Å². The van der Waals surface area contributed by atoms with Crippen LogP contribution in [0.15, 0.2) is 42.5 Å². The Labute approximate surface area is 200 Å². The number of halogens is 7. The minimum Gasteiger partial charge on any atom is -0.494 e. The molecule has 0 N–H and O–H groups in total. The largest absolute Gasteiger partial charge is 0.494 e. The topological polar surface area (TPSA) is 44.8 Å². The molecule has 0 atom stereocenters. The molecule has 11 heteroatoms. The van der Waals surface area contributed by atoms with Crippen molar-refractivity contribution in [2.45, 2.75) is 25.7 Å². The molecule has 4 rings (SSSR count). The average molecular weight is 514 g/mol. The smallest absolute Gasteiger partial charge is 0.346 e. The second-order valence-corrected chi connectivity index (χ2v) is 7.65. The Kier molecular flexibility index (Phi) is 6.36. The number of esters is 1. The Hall–Kier alpha value is -3.76. The molecule has 0 amide bonds. The summed E-state index contributed by atoms with van der Waals surface area (Å²) in [5.41, 5.74) is -5.53. The zero-order valence-corrected chi connectivity index (χ0v) is 18.7. The van der Waals surface area contributed by atoms with E-state index in [1.165, 1.54) is 13.0 Å².